The summed E-state index contributed by atoms with van der Waals surface area (Å²) in [4.78, 5) is 29.9. The summed E-state index contributed by atoms with van der Waals surface area (Å²) in [5.74, 6) is 0.529. The second-order valence-electron chi connectivity index (χ2n) is 6.35. The fourth-order valence-electron chi connectivity index (χ4n) is 3.17. The number of non-ortho nitro benzene ring substituents is 2. The number of rotatable bonds is 2. The Balaban J connectivity index is 1.74. The van der Waals surface area contributed by atoms with Gasteiger partial charge in [0.25, 0.3) is 11.4 Å². The molecule has 0 unspecified atom stereocenters. The number of fused-ring (bicyclic) bond motifs is 4. The number of nitrogens with zero attached hydrogens (tertiary/aromatic N) is 4. The number of anilines is 2. The normalized spacial score (nSPS) is 12.1. The number of nitro groups is 2. The van der Waals surface area contributed by atoms with Gasteiger partial charge in [0.05, 0.1) is 31.6 Å². The third-order valence-electron chi connectivity index (χ3n) is 4.57. The van der Waals surface area contributed by atoms with Gasteiger partial charge in [-0.15, -0.1) is 0 Å². The number of halogens is 2. The smallest absolute Gasteiger partial charge is 0.271 e. The highest BCUT2D eigenvalue weighted by Gasteiger charge is 2.28. The summed E-state index contributed by atoms with van der Waals surface area (Å²) < 4.78 is 5.84. The minimum atomic E-state index is -0.536. The van der Waals surface area contributed by atoms with E-state index >= 15 is 0 Å². The van der Waals surface area contributed by atoms with Crippen molar-refractivity contribution in [1.82, 2.24) is 9.97 Å². The van der Waals surface area contributed by atoms with Crippen LogP contribution in [-0.2, 0) is 0 Å². The quantitative estimate of drug-likeness (QED) is 0.207. The van der Waals surface area contributed by atoms with Crippen molar-refractivity contribution in [3.05, 3.63) is 66.7 Å². The Labute approximate surface area is 176 Å². The zero-order valence-corrected chi connectivity index (χ0v) is 16.1. The van der Waals surface area contributed by atoms with Gasteiger partial charge in [0, 0.05) is 24.3 Å². The number of hydrogen-bond acceptors (Lipinski definition) is 8. The lowest BCUT2D eigenvalue weighted by Gasteiger charge is -2.24. The van der Waals surface area contributed by atoms with Crippen LogP contribution in [0.15, 0.2) is 36.4 Å². The van der Waals surface area contributed by atoms with Crippen LogP contribution in [-0.4, -0.2) is 19.8 Å². The van der Waals surface area contributed by atoms with Crippen LogP contribution in [0.4, 0.5) is 22.7 Å². The zero-order valence-electron chi connectivity index (χ0n) is 14.6. The molecule has 1 aliphatic rings. The van der Waals surface area contributed by atoms with Crippen LogP contribution in [0, 0.1) is 20.2 Å². The van der Waals surface area contributed by atoms with Gasteiger partial charge >= 0.3 is 0 Å². The molecule has 1 aliphatic heterocycles. The predicted octanol–water partition coefficient (Wildman–Crippen LogP) is 5.76. The van der Waals surface area contributed by atoms with E-state index in [4.69, 9.17) is 27.9 Å². The number of ether oxygens (including phenoxy) is 1. The lowest BCUT2D eigenvalue weighted by atomic mass is 10.1. The molecule has 0 aliphatic carbocycles. The van der Waals surface area contributed by atoms with Gasteiger partial charge in [-0.1, -0.05) is 23.2 Å². The largest absolute Gasteiger partial charge is 0.451 e. The molecule has 1 N–H and O–H groups in total. The minimum Gasteiger partial charge on any atom is -0.451 e. The van der Waals surface area contributed by atoms with E-state index in [1.54, 1.807) is 0 Å². The fourth-order valence-corrected chi connectivity index (χ4v) is 3.70. The first-order chi connectivity index (χ1) is 14.3. The minimum absolute atomic E-state index is 0.113. The van der Waals surface area contributed by atoms with Crippen molar-refractivity contribution in [2.24, 2.45) is 0 Å². The molecule has 0 amide bonds. The van der Waals surface area contributed by atoms with Crippen LogP contribution in [0.2, 0.25) is 10.0 Å². The first-order valence-electron chi connectivity index (χ1n) is 8.33. The van der Waals surface area contributed by atoms with Crippen molar-refractivity contribution in [1.29, 1.82) is 0 Å². The third-order valence-corrected chi connectivity index (χ3v) is 5.28. The second-order valence-corrected chi connectivity index (χ2v) is 7.10. The molecule has 4 aromatic rings. The Morgan fingerprint density at radius 2 is 1.50 bits per heavy atom. The highest BCUT2D eigenvalue weighted by molar-refractivity contribution is 6.43. The molecular formula is C18H7Cl2N5O5. The lowest BCUT2D eigenvalue weighted by molar-refractivity contribution is -0.384. The van der Waals surface area contributed by atoms with Gasteiger partial charge in [-0.3, -0.25) is 20.2 Å². The van der Waals surface area contributed by atoms with Crippen LogP contribution >= 0.6 is 23.2 Å². The number of nitro benzene ring substituents is 2. The Morgan fingerprint density at radius 3 is 2.23 bits per heavy atom. The van der Waals surface area contributed by atoms with E-state index in [1.165, 1.54) is 36.4 Å². The van der Waals surface area contributed by atoms with E-state index < -0.39 is 9.85 Å². The van der Waals surface area contributed by atoms with Gasteiger partial charge in [-0.25, -0.2) is 9.97 Å². The van der Waals surface area contributed by atoms with Crippen molar-refractivity contribution in [2.45, 2.75) is 0 Å². The second kappa shape index (κ2) is 6.37. The van der Waals surface area contributed by atoms with Gasteiger partial charge in [-0.2, -0.15) is 0 Å². The van der Waals surface area contributed by atoms with Crippen molar-refractivity contribution < 1.29 is 14.6 Å². The topological polar surface area (TPSA) is 133 Å². The summed E-state index contributed by atoms with van der Waals surface area (Å²) in [7, 11) is 0. The summed E-state index contributed by atoms with van der Waals surface area (Å²) in [5.41, 5.74) is 1.45. The number of hydrogen-bond donors (Lipinski definition) is 1. The van der Waals surface area contributed by atoms with Gasteiger partial charge in [0.2, 0.25) is 0 Å². The SMILES string of the molecule is O=[N+]([O-])c1ccc2c(c1)Nc1c(c(Cl)c3nc4ccc([N+](=O)[O-])cc4nc3c1Cl)O2. The molecule has 10 nitrogen and oxygen atoms in total. The molecular weight excluding hydrogens is 437 g/mol. The Kier molecular flexibility index (Phi) is 3.88. The Hall–Kier alpha value is -3.76. The fraction of sp³-hybridized carbons (Fsp3) is 0. The van der Waals surface area contributed by atoms with Crippen LogP contribution in [0.5, 0.6) is 11.5 Å². The highest BCUT2D eigenvalue weighted by atomic mass is 35.5. The molecule has 148 valence electrons. The van der Waals surface area contributed by atoms with Crippen LogP contribution in [0.1, 0.15) is 0 Å². The van der Waals surface area contributed by atoms with Crippen molar-refractivity contribution in [3.8, 4) is 11.5 Å². The van der Waals surface area contributed by atoms with E-state index in [-0.39, 0.29) is 49.4 Å². The molecule has 30 heavy (non-hydrogen) atoms. The average molecular weight is 444 g/mol. The standard InChI is InChI=1S/C18H7Cl2N5O5/c19-13-15-16(21-9-3-1-7(24(26)27)5-10(9)22-15)14(20)18-17(13)23-11-6-8(25(28)29)2-4-12(11)30-18/h1-6,23H. The maximum absolute atomic E-state index is 11.1. The zero-order chi connectivity index (χ0) is 21.2. The molecule has 0 spiro atoms. The molecule has 0 radical (unpaired) electrons. The molecule has 2 heterocycles. The summed E-state index contributed by atoms with van der Waals surface area (Å²) in [6, 6.07) is 8.14. The predicted molar refractivity (Wildman–Crippen MR) is 110 cm³/mol. The number of benzene rings is 3. The Bertz CT molecular complexity index is 1440. The molecule has 0 saturated carbocycles. The van der Waals surface area contributed by atoms with Gasteiger partial charge < -0.3 is 10.1 Å². The summed E-state index contributed by atoms with van der Waals surface area (Å²) >= 11 is 13.1. The molecule has 1 aromatic heterocycles. The lowest BCUT2D eigenvalue weighted by Crippen LogP contribution is -2.06. The first kappa shape index (κ1) is 18.3. The maximum atomic E-state index is 11.1. The van der Waals surface area contributed by atoms with Gasteiger partial charge in [-0.05, 0) is 12.1 Å². The number of aromatic nitrogens is 2. The van der Waals surface area contributed by atoms with Crippen molar-refractivity contribution >= 4 is 68.0 Å². The summed E-state index contributed by atoms with van der Waals surface area (Å²) in [5, 5.41) is 25.3. The molecule has 0 bridgehead atoms. The third kappa shape index (κ3) is 2.65. The molecule has 0 atom stereocenters. The maximum Gasteiger partial charge on any atom is 0.271 e. The van der Waals surface area contributed by atoms with Crippen molar-refractivity contribution in [3.63, 3.8) is 0 Å². The van der Waals surface area contributed by atoms with Crippen LogP contribution < -0.4 is 10.1 Å². The molecule has 3 aromatic carbocycles. The highest BCUT2D eigenvalue weighted by Crippen LogP contribution is 2.52. The van der Waals surface area contributed by atoms with E-state index in [0.29, 0.717) is 17.0 Å². The van der Waals surface area contributed by atoms with E-state index in [0.717, 1.165) is 0 Å². The number of nitrogens with one attached hydrogen (secondary N) is 1. The average Bonchev–Trinajstić information content (AvgIpc) is 2.74. The molecule has 12 heteroatoms. The van der Waals surface area contributed by atoms with Gasteiger partial charge in [0.15, 0.2) is 11.5 Å². The van der Waals surface area contributed by atoms with Crippen molar-refractivity contribution in [2.75, 3.05) is 5.32 Å². The van der Waals surface area contributed by atoms with Gasteiger partial charge in [0.1, 0.15) is 21.7 Å². The monoisotopic (exact) mass is 443 g/mol. The molecule has 0 fully saturated rings. The van der Waals surface area contributed by atoms with E-state index in [1.807, 2.05) is 0 Å². The van der Waals surface area contributed by atoms with E-state index in [9.17, 15) is 20.2 Å². The van der Waals surface area contributed by atoms with E-state index in [2.05, 4.69) is 15.3 Å². The summed E-state index contributed by atoms with van der Waals surface area (Å²) in [6.45, 7) is 0. The molecule has 5 rings (SSSR count). The van der Waals surface area contributed by atoms with Crippen LogP contribution in [0.3, 0.4) is 0 Å². The first-order valence-corrected chi connectivity index (χ1v) is 9.09. The summed E-state index contributed by atoms with van der Waals surface area (Å²) in [6.07, 6.45) is 0. The Morgan fingerprint density at radius 1 is 0.867 bits per heavy atom. The van der Waals surface area contributed by atoms with Crippen LogP contribution in [0.25, 0.3) is 22.1 Å². The molecule has 0 saturated heterocycles.